The minimum Gasteiger partial charge on any atom is -0.390 e. The van der Waals surface area contributed by atoms with Gasteiger partial charge in [0.2, 0.25) is 0 Å². The van der Waals surface area contributed by atoms with Crippen molar-refractivity contribution in [3.63, 3.8) is 0 Å². The minimum atomic E-state index is -0.397. The molecule has 1 aromatic heterocycles. The Hall–Kier alpha value is -1.36. The molecule has 1 fully saturated rings. The van der Waals surface area contributed by atoms with E-state index in [-0.39, 0.29) is 0 Å². The highest BCUT2D eigenvalue weighted by Gasteiger charge is 2.17. The number of fused-ring (bicyclic) bond motifs is 1. The lowest BCUT2D eigenvalue weighted by molar-refractivity contribution is 0.101. The van der Waals surface area contributed by atoms with Crippen molar-refractivity contribution in [3.8, 4) is 0 Å². The molecule has 1 saturated heterocycles. The van der Waals surface area contributed by atoms with Crippen LogP contribution >= 0.6 is 0 Å². The topological polar surface area (TPSA) is 46.4 Å². The lowest BCUT2D eigenvalue weighted by Gasteiger charge is -2.17. The van der Waals surface area contributed by atoms with Crippen molar-refractivity contribution in [2.24, 2.45) is 0 Å². The molecule has 1 aliphatic heterocycles. The molecule has 1 aliphatic rings. The number of rotatable bonds is 6. The van der Waals surface area contributed by atoms with E-state index in [1.54, 1.807) is 0 Å². The SMILES string of the molecule is Cc1ccc2c(c1)c(C)c(C)n2C[C@@H](O)CNC[C@@H]1CCCO1. The molecule has 2 atom stereocenters. The lowest BCUT2D eigenvalue weighted by Crippen LogP contribution is -2.35. The first-order valence-corrected chi connectivity index (χ1v) is 8.62. The average Bonchev–Trinajstić information content (AvgIpc) is 3.11. The first kappa shape index (κ1) is 16.5. The van der Waals surface area contributed by atoms with Crippen molar-refractivity contribution >= 4 is 10.9 Å². The summed E-state index contributed by atoms with van der Waals surface area (Å²) in [7, 11) is 0. The number of aromatic nitrogens is 1. The Balaban J connectivity index is 1.64. The van der Waals surface area contributed by atoms with Crippen molar-refractivity contribution in [2.45, 2.75) is 52.4 Å². The molecule has 126 valence electrons. The summed E-state index contributed by atoms with van der Waals surface area (Å²) in [5.74, 6) is 0. The van der Waals surface area contributed by atoms with Crippen LogP contribution in [0.3, 0.4) is 0 Å². The van der Waals surface area contributed by atoms with Gasteiger partial charge in [0.1, 0.15) is 0 Å². The maximum atomic E-state index is 10.4. The summed E-state index contributed by atoms with van der Waals surface area (Å²) in [6.45, 7) is 9.35. The van der Waals surface area contributed by atoms with Crippen LogP contribution in [-0.2, 0) is 11.3 Å². The number of aryl methyl sites for hydroxylation is 2. The number of nitrogens with zero attached hydrogens (tertiary/aromatic N) is 1. The van der Waals surface area contributed by atoms with Crippen LogP contribution < -0.4 is 5.32 Å². The third kappa shape index (κ3) is 3.60. The fourth-order valence-electron chi connectivity index (χ4n) is 3.49. The summed E-state index contributed by atoms with van der Waals surface area (Å²) in [4.78, 5) is 0. The van der Waals surface area contributed by atoms with E-state index < -0.39 is 6.10 Å². The Morgan fingerprint density at radius 2 is 2.17 bits per heavy atom. The van der Waals surface area contributed by atoms with Gasteiger partial charge in [0.05, 0.1) is 18.8 Å². The summed E-state index contributed by atoms with van der Waals surface area (Å²) in [6, 6.07) is 6.53. The maximum absolute atomic E-state index is 10.4. The molecular formula is C19H28N2O2. The van der Waals surface area contributed by atoms with Crippen molar-refractivity contribution in [1.82, 2.24) is 9.88 Å². The third-order valence-electron chi connectivity index (χ3n) is 4.96. The van der Waals surface area contributed by atoms with Crippen LogP contribution in [0.25, 0.3) is 10.9 Å². The molecule has 0 bridgehead atoms. The van der Waals surface area contributed by atoms with Gasteiger partial charge in [-0.1, -0.05) is 11.6 Å². The molecule has 0 amide bonds. The number of benzene rings is 1. The van der Waals surface area contributed by atoms with Crippen molar-refractivity contribution < 1.29 is 9.84 Å². The Morgan fingerprint density at radius 3 is 2.91 bits per heavy atom. The summed E-state index contributed by atoms with van der Waals surface area (Å²) in [6.07, 6.45) is 2.21. The lowest BCUT2D eigenvalue weighted by atomic mass is 10.1. The Labute approximate surface area is 138 Å². The molecule has 0 aliphatic carbocycles. The Morgan fingerprint density at radius 1 is 1.35 bits per heavy atom. The van der Waals surface area contributed by atoms with E-state index in [9.17, 15) is 5.11 Å². The monoisotopic (exact) mass is 316 g/mol. The van der Waals surface area contributed by atoms with Gasteiger partial charge in [-0.3, -0.25) is 0 Å². The molecule has 0 spiro atoms. The molecule has 1 aromatic carbocycles. The standard InChI is InChI=1S/C19H28N2O2/c1-13-6-7-19-18(9-13)14(2)15(3)21(19)12-16(22)10-20-11-17-5-4-8-23-17/h6-7,9,16-17,20,22H,4-5,8,10-12H2,1-3H3/t16-,17-/m0/s1. The van der Waals surface area contributed by atoms with Gasteiger partial charge < -0.3 is 19.7 Å². The molecule has 0 unspecified atom stereocenters. The number of aliphatic hydroxyl groups excluding tert-OH is 1. The van der Waals surface area contributed by atoms with E-state index in [1.807, 2.05) is 0 Å². The number of hydrogen-bond donors (Lipinski definition) is 2. The number of hydrogen-bond acceptors (Lipinski definition) is 3. The Kier molecular flexibility index (Phi) is 5.05. The molecule has 0 radical (unpaired) electrons. The molecule has 4 heteroatoms. The van der Waals surface area contributed by atoms with Gasteiger partial charge in [0, 0.05) is 36.3 Å². The highest BCUT2D eigenvalue weighted by molar-refractivity contribution is 5.85. The van der Waals surface area contributed by atoms with Crippen LogP contribution in [0.1, 0.15) is 29.7 Å². The zero-order chi connectivity index (χ0) is 16.4. The highest BCUT2D eigenvalue weighted by atomic mass is 16.5. The van der Waals surface area contributed by atoms with Gasteiger partial charge in [0.25, 0.3) is 0 Å². The van der Waals surface area contributed by atoms with Crippen LogP contribution in [0.15, 0.2) is 18.2 Å². The quantitative estimate of drug-likeness (QED) is 0.861. The van der Waals surface area contributed by atoms with Crippen LogP contribution in [0, 0.1) is 20.8 Å². The zero-order valence-corrected chi connectivity index (χ0v) is 14.4. The fourth-order valence-corrected chi connectivity index (χ4v) is 3.49. The summed E-state index contributed by atoms with van der Waals surface area (Å²) < 4.78 is 7.83. The predicted molar refractivity (Wildman–Crippen MR) is 94.0 cm³/mol. The van der Waals surface area contributed by atoms with Gasteiger partial charge in [-0.15, -0.1) is 0 Å². The number of nitrogens with one attached hydrogen (secondary N) is 1. The highest BCUT2D eigenvalue weighted by Crippen LogP contribution is 2.26. The minimum absolute atomic E-state index is 0.321. The van der Waals surface area contributed by atoms with E-state index in [1.165, 1.54) is 27.7 Å². The molecule has 2 N–H and O–H groups in total. The van der Waals surface area contributed by atoms with E-state index >= 15 is 0 Å². The predicted octanol–water partition coefficient (Wildman–Crippen LogP) is 2.70. The van der Waals surface area contributed by atoms with Crippen LogP contribution in [-0.4, -0.2) is 41.6 Å². The molecule has 2 aromatic rings. The smallest absolute Gasteiger partial charge is 0.0843 e. The first-order valence-electron chi connectivity index (χ1n) is 8.62. The Bertz CT molecular complexity index is 672. The van der Waals surface area contributed by atoms with Gasteiger partial charge in [-0.2, -0.15) is 0 Å². The molecular weight excluding hydrogens is 288 g/mol. The van der Waals surface area contributed by atoms with Gasteiger partial charge in [0.15, 0.2) is 0 Å². The van der Waals surface area contributed by atoms with Gasteiger partial charge in [-0.05, 0) is 51.3 Å². The second-order valence-electron chi connectivity index (χ2n) is 6.79. The molecule has 4 nitrogen and oxygen atoms in total. The van der Waals surface area contributed by atoms with E-state index in [4.69, 9.17) is 4.74 Å². The van der Waals surface area contributed by atoms with E-state index in [2.05, 4.69) is 48.9 Å². The molecule has 0 saturated carbocycles. The third-order valence-corrected chi connectivity index (χ3v) is 4.96. The van der Waals surface area contributed by atoms with Crippen molar-refractivity contribution in [3.05, 3.63) is 35.0 Å². The first-order chi connectivity index (χ1) is 11.1. The molecule has 23 heavy (non-hydrogen) atoms. The normalized spacial score (nSPS) is 19.6. The summed E-state index contributed by atoms with van der Waals surface area (Å²) in [5, 5.41) is 15.0. The molecule has 2 heterocycles. The van der Waals surface area contributed by atoms with Crippen LogP contribution in [0.4, 0.5) is 0 Å². The number of aliphatic hydroxyl groups is 1. The van der Waals surface area contributed by atoms with E-state index in [0.29, 0.717) is 19.2 Å². The van der Waals surface area contributed by atoms with Crippen LogP contribution in [0.2, 0.25) is 0 Å². The van der Waals surface area contributed by atoms with E-state index in [0.717, 1.165) is 26.0 Å². The number of ether oxygens (including phenoxy) is 1. The average molecular weight is 316 g/mol. The summed E-state index contributed by atoms with van der Waals surface area (Å²) in [5.41, 5.74) is 5.03. The fraction of sp³-hybridized carbons (Fsp3) is 0.579. The van der Waals surface area contributed by atoms with Gasteiger partial charge >= 0.3 is 0 Å². The van der Waals surface area contributed by atoms with Crippen molar-refractivity contribution in [1.29, 1.82) is 0 Å². The zero-order valence-electron chi connectivity index (χ0n) is 14.4. The van der Waals surface area contributed by atoms with Gasteiger partial charge in [-0.25, -0.2) is 0 Å². The second kappa shape index (κ2) is 7.04. The maximum Gasteiger partial charge on any atom is 0.0843 e. The van der Waals surface area contributed by atoms with Crippen LogP contribution in [0.5, 0.6) is 0 Å². The van der Waals surface area contributed by atoms with Crippen molar-refractivity contribution in [2.75, 3.05) is 19.7 Å². The molecule has 3 rings (SSSR count). The second-order valence-corrected chi connectivity index (χ2v) is 6.79. The summed E-state index contributed by atoms with van der Waals surface area (Å²) >= 11 is 0. The largest absolute Gasteiger partial charge is 0.390 e.